The topological polar surface area (TPSA) is 52.7 Å². The van der Waals surface area contributed by atoms with Gasteiger partial charge in [-0.1, -0.05) is 18.2 Å². The third kappa shape index (κ3) is 2.82. The van der Waals surface area contributed by atoms with E-state index in [1.54, 1.807) is 23.9 Å². The second-order valence-electron chi connectivity index (χ2n) is 5.06. The molecule has 1 heterocycles. The molecule has 0 fully saturated rings. The third-order valence-corrected chi connectivity index (χ3v) is 3.83. The van der Waals surface area contributed by atoms with Crippen molar-refractivity contribution in [2.24, 2.45) is 0 Å². The number of likely N-dealkylation sites (N-methyl/N-ethyl adjacent to an activating group) is 1. The zero-order valence-corrected chi connectivity index (χ0v) is 12.2. The fraction of sp³-hybridized carbons (Fsp3) is 0.467. The molecule has 0 aromatic heterocycles. The Bertz CT molecular complexity index is 516. The maximum absolute atomic E-state index is 12.0. The summed E-state index contributed by atoms with van der Waals surface area (Å²) in [5.41, 5.74) is 1.99. The number of carbonyl (C=O) groups excluding carboxylic acids is 2. The lowest BCUT2D eigenvalue weighted by atomic mass is 9.96. The number of fused-ring (bicyclic) bond motifs is 1. The summed E-state index contributed by atoms with van der Waals surface area (Å²) in [6.45, 7) is 2.87. The van der Waals surface area contributed by atoms with Crippen LogP contribution in [0.3, 0.4) is 0 Å². The summed E-state index contributed by atoms with van der Waals surface area (Å²) in [6.07, 6.45) is 0.386. The highest BCUT2D eigenvalue weighted by atomic mass is 16.2. The molecule has 108 valence electrons. The molecule has 1 aliphatic heterocycles. The molecule has 1 N–H and O–H groups in total. The van der Waals surface area contributed by atoms with E-state index in [-0.39, 0.29) is 24.4 Å². The van der Waals surface area contributed by atoms with E-state index in [0.717, 1.165) is 11.3 Å². The first-order chi connectivity index (χ1) is 9.54. The Kier molecular flexibility index (Phi) is 4.39. The Hall–Kier alpha value is -1.88. The van der Waals surface area contributed by atoms with E-state index >= 15 is 0 Å². The summed E-state index contributed by atoms with van der Waals surface area (Å²) >= 11 is 0. The van der Waals surface area contributed by atoms with Gasteiger partial charge in [0.2, 0.25) is 11.8 Å². The van der Waals surface area contributed by atoms with Crippen molar-refractivity contribution in [2.75, 3.05) is 32.1 Å². The van der Waals surface area contributed by atoms with Crippen molar-refractivity contribution in [3.05, 3.63) is 29.8 Å². The largest absolute Gasteiger partial charge is 0.345 e. The molecule has 1 atom stereocenters. The minimum absolute atomic E-state index is 0.0383. The minimum Gasteiger partial charge on any atom is -0.345 e. The third-order valence-electron chi connectivity index (χ3n) is 3.83. The smallest absolute Gasteiger partial charge is 0.236 e. The fourth-order valence-corrected chi connectivity index (χ4v) is 2.35. The number of hydrogen-bond donors (Lipinski definition) is 1. The number of carbonyl (C=O) groups is 2. The molecule has 0 saturated carbocycles. The molecule has 1 unspecified atom stereocenters. The molecule has 5 nitrogen and oxygen atoms in total. The van der Waals surface area contributed by atoms with Crippen molar-refractivity contribution < 1.29 is 9.59 Å². The molecular formula is C15H21N3O2. The monoisotopic (exact) mass is 275 g/mol. The lowest BCUT2D eigenvalue weighted by molar-refractivity contribution is -0.129. The zero-order valence-electron chi connectivity index (χ0n) is 12.2. The van der Waals surface area contributed by atoms with Crippen molar-refractivity contribution in [3.63, 3.8) is 0 Å². The molecule has 1 aromatic rings. The minimum atomic E-state index is -0.0934. The summed E-state index contributed by atoms with van der Waals surface area (Å²) < 4.78 is 0. The number of amides is 2. The predicted molar refractivity (Wildman–Crippen MR) is 78.5 cm³/mol. The molecule has 0 bridgehead atoms. The quantitative estimate of drug-likeness (QED) is 0.897. The van der Waals surface area contributed by atoms with Crippen LogP contribution in [0.4, 0.5) is 5.69 Å². The van der Waals surface area contributed by atoms with Gasteiger partial charge in [-0.05, 0) is 18.6 Å². The van der Waals surface area contributed by atoms with Gasteiger partial charge in [0.25, 0.3) is 0 Å². The Morgan fingerprint density at radius 1 is 1.45 bits per heavy atom. The molecule has 2 amide bonds. The summed E-state index contributed by atoms with van der Waals surface area (Å²) in [5.74, 6) is 0.105. The van der Waals surface area contributed by atoms with Crippen molar-refractivity contribution in [3.8, 4) is 0 Å². The Morgan fingerprint density at radius 2 is 2.15 bits per heavy atom. The molecular weight excluding hydrogens is 254 g/mol. The van der Waals surface area contributed by atoms with E-state index in [9.17, 15) is 9.59 Å². The molecule has 20 heavy (non-hydrogen) atoms. The van der Waals surface area contributed by atoms with Gasteiger partial charge in [-0.15, -0.1) is 0 Å². The first-order valence-electron chi connectivity index (χ1n) is 6.87. The highest BCUT2D eigenvalue weighted by Gasteiger charge is 2.28. The van der Waals surface area contributed by atoms with Gasteiger partial charge in [-0.25, -0.2) is 0 Å². The molecule has 1 aliphatic rings. The highest BCUT2D eigenvalue weighted by Crippen LogP contribution is 2.33. The van der Waals surface area contributed by atoms with Crippen molar-refractivity contribution in [1.29, 1.82) is 0 Å². The maximum atomic E-state index is 12.0. The number of rotatable bonds is 4. The number of nitrogens with zero attached hydrogens (tertiary/aromatic N) is 2. The van der Waals surface area contributed by atoms with Crippen molar-refractivity contribution in [1.82, 2.24) is 10.2 Å². The second kappa shape index (κ2) is 6.05. The summed E-state index contributed by atoms with van der Waals surface area (Å²) in [4.78, 5) is 27.2. The summed E-state index contributed by atoms with van der Waals surface area (Å²) in [5, 5.41) is 3.21. The van der Waals surface area contributed by atoms with Crippen LogP contribution in [0, 0.1) is 0 Å². The Labute approximate surface area is 119 Å². The van der Waals surface area contributed by atoms with Crippen LogP contribution in [0.5, 0.6) is 0 Å². The van der Waals surface area contributed by atoms with Gasteiger partial charge < -0.3 is 15.1 Å². The number of hydrogen-bond acceptors (Lipinski definition) is 3. The first kappa shape index (κ1) is 14.5. The molecule has 2 rings (SSSR count). The van der Waals surface area contributed by atoms with Crippen LogP contribution in [0.25, 0.3) is 0 Å². The van der Waals surface area contributed by atoms with Gasteiger partial charge in [0.05, 0.1) is 6.54 Å². The van der Waals surface area contributed by atoms with E-state index in [0.29, 0.717) is 13.0 Å². The van der Waals surface area contributed by atoms with Crippen LogP contribution in [0.15, 0.2) is 24.3 Å². The molecule has 1 aromatic carbocycles. The van der Waals surface area contributed by atoms with Crippen molar-refractivity contribution >= 4 is 17.5 Å². The number of benzene rings is 1. The Morgan fingerprint density at radius 3 is 2.85 bits per heavy atom. The van der Waals surface area contributed by atoms with E-state index < -0.39 is 0 Å². The van der Waals surface area contributed by atoms with Crippen LogP contribution >= 0.6 is 0 Å². The molecule has 5 heteroatoms. The lowest BCUT2D eigenvalue weighted by Gasteiger charge is -2.32. The Balaban J connectivity index is 2.11. The molecule has 0 saturated heterocycles. The normalized spacial score (nSPS) is 17.9. The van der Waals surface area contributed by atoms with Crippen LogP contribution in [0.2, 0.25) is 0 Å². The van der Waals surface area contributed by atoms with E-state index in [1.807, 2.05) is 31.2 Å². The van der Waals surface area contributed by atoms with Crippen LogP contribution in [-0.4, -0.2) is 43.9 Å². The van der Waals surface area contributed by atoms with Gasteiger partial charge in [0.15, 0.2) is 0 Å². The average Bonchev–Trinajstić information content (AvgIpc) is 2.48. The second-order valence-corrected chi connectivity index (χ2v) is 5.06. The lowest BCUT2D eigenvalue weighted by Crippen LogP contribution is -2.41. The highest BCUT2D eigenvalue weighted by molar-refractivity contribution is 5.96. The number of para-hydroxylation sites is 1. The zero-order chi connectivity index (χ0) is 14.7. The fourth-order valence-electron chi connectivity index (χ4n) is 2.35. The van der Waals surface area contributed by atoms with E-state index in [2.05, 4.69) is 5.32 Å². The maximum Gasteiger partial charge on any atom is 0.236 e. The molecule has 0 spiro atoms. The summed E-state index contributed by atoms with van der Waals surface area (Å²) in [6, 6.07) is 7.72. The van der Waals surface area contributed by atoms with Gasteiger partial charge >= 0.3 is 0 Å². The van der Waals surface area contributed by atoms with Gasteiger partial charge in [0.1, 0.15) is 0 Å². The van der Waals surface area contributed by atoms with E-state index in [4.69, 9.17) is 0 Å². The standard InChI is InChI=1S/C15H21N3O2/c1-4-17(2)15(20)10-16-12-9-14(19)18(3)13-8-6-5-7-11(12)13/h5-8,12,16H,4,9-10H2,1-3H3. The van der Waals surface area contributed by atoms with Gasteiger partial charge in [-0.3, -0.25) is 9.59 Å². The molecule has 0 radical (unpaired) electrons. The average molecular weight is 275 g/mol. The predicted octanol–water partition coefficient (Wildman–Crippen LogP) is 1.16. The van der Waals surface area contributed by atoms with Gasteiger partial charge in [-0.2, -0.15) is 0 Å². The van der Waals surface area contributed by atoms with Gasteiger partial charge in [0, 0.05) is 38.8 Å². The van der Waals surface area contributed by atoms with E-state index in [1.165, 1.54) is 0 Å². The number of anilines is 1. The summed E-state index contributed by atoms with van der Waals surface area (Å²) in [7, 11) is 3.56. The first-order valence-corrected chi connectivity index (χ1v) is 6.87. The van der Waals surface area contributed by atoms with Crippen LogP contribution in [0.1, 0.15) is 24.9 Å². The number of nitrogens with one attached hydrogen (secondary N) is 1. The van der Waals surface area contributed by atoms with Crippen LogP contribution in [-0.2, 0) is 9.59 Å². The SMILES string of the molecule is CCN(C)C(=O)CNC1CC(=O)N(C)c2ccccc21. The molecule has 0 aliphatic carbocycles. The van der Waals surface area contributed by atoms with Crippen LogP contribution < -0.4 is 10.2 Å². The van der Waals surface area contributed by atoms with Crippen molar-refractivity contribution in [2.45, 2.75) is 19.4 Å².